The van der Waals surface area contributed by atoms with Crippen molar-refractivity contribution in [3.8, 4) is 0 Å². The van der Waals surface area contributed by atoms with Crippen molar-refractivity contribution in [1.82, 2.24) is 5.32 Å². The van der Waals surface area contributed by atoms with Gasteiger partial charge in [-0.15, -0.1) is 0 Å². The number of thiocarbonyl (C=S) groups is 1. The largest absolute Gasteiger partial charge is 0.487 e. The maximum atomic E-state index is 11.3. The van der Waals surface area contributed by atoms with Crippen molar-refractivity contribution in [2.24, 2.45) is 0 Å². The van der Waals surface area contributed by atoms with E-state index >= 15 is 0 Å². The van der Waals surface area contributed by atoms with Crippen molar-refractivity contribution in [2.75, 3.05) is 13.2 Å². The van der Waals surface area contributed by atoms with Crippen LogP contribution in [0.4, 0.5) is 4.79 Å². The first-order valence-corrected chi connectivity index (χ1v) is 6.23. The molecule has 0 unspecified atom stereocenters. The number of alkyl carbamates (subject to hydrolysis) is 1. The van der Waals surface area contributed by atoms with Gasteiger partial charge in [0.25, 0.3) is 0 Å². The topological polar surface area (TPSA) is 47.6 Å². The molecule has 1 aromatic carbocycles. The summed E-state index contributed by atoms with van der Waals surface area (Å²) in [6.45, 7) is 3.11. The first kappa shape index (κ1) is 14.4. The Hall–Kier alpha value is -1.62. The Balaban J connectivity index is 2.13. The number of benzene rings is 1. The third-order valence-corrected chi connectivity index (χ3v) is 2.44. The summed E-state index contributed by atoms with van der Waals surface area (Å²) in [5.41, 5.74) is 0.956. The number of ether oxygens (including phenoxy) is 2. The number of nitrogens with one attached hydrogen (secondary N) is 1. The molecule has 98 valence electrons. The summed E-state index contributed by atoms with van der Waals surface area (Å²) in [6.07, 6.45) is 0.0713. The molecular formula is C13H17NO3S. The monoisotopic (exact) mass is 267 g/mol. The van der Waals surface area contributed by atoms with Gasteiger partial charge in [-0.2, -0.15) is 0 Å². The zero-order chi connectivity index (χ0) is 13.2. The molecule has 4 nitrogen and oxygen atoms in total. The van der Waals surface area contributed by atoms with E-state index < -0.39 is 6.09 Å². The molecule has 0 fully saturated rings. The summed E-state index contributed by atoms with van der Waals surface area (Å²) < 4.78 is 10.1. The van der Waals surface area contributed by atoms with E-state index in [1.807, 2.05) is 37.3 Å². The van der Waals surface area contributed by atoms with Gasteiger partial charge in [-0.1, -0.05) is 30.3 Å². The Morgan fingerprint density at radius 3 is 2.67 bits per heavy atom. The lowest BCUT2D eigenvalue weighted by molar-refractivity contribution is 0.140. The number of hydrogen-bond donors (Lipinski definition) is 1. The van der Waals surface area contributed by atoms with Crippen molar-refractivity contribution < 1.29 is 14.3 Å². The van der Waals surface area contributed by atoms with E-state index in [1.54, 1.807) is 0 Å². The molecule has 0 atom stereocenters. The first-order chi connectivity index (χ1) is 8.72. The Kier molecular flexibility index (Phi) is 6.79. The minimum atomic E-state index is -0.446. The van der Waals surface area contributed by atoms with Crippen molar-refractivity contribution in [3.05, 3.63) is 35.9 Å². The lowest BCUT2D eigenvalue weighted by Crippen LogP contribution is -2.26. The molecule has 1 amide bonds. The standard InChI is InChI=1S/C13H17NO3S/c1-2-16-12(18)8-9-14-13(15)17-10-11-6-4-3-5-7-11/h3-7H,2,8-10H2,1H3,(H,14,15). The average Bonchev–Trinajstić information content (AvgIpc) is 2.38. The molecule has 1 N–H and O–H groups in total. The van der Waals surface area contributed by atoms with Crippen LogP contribution in [-0.2, 0) is 16.1 Å². The molecule has 5 heteroatoms. The Labute approximate surface area is 112 Å². The predicted molar refractivity (Wildman–Crippen MR) is 73.5 cm³/mol. The van der Waals surface area contributed by atoms with Crippen LogP contribution in [0.2, 0.25) is 0 Å². The summed E-state index contributed by atoms with van der Waals surface area (Å²) in [5, 5.41) is 3.11. The van der Waals surface area contributed by atoms with E-state index in [1.165, 1.54) is 0 Å². The normalized spacial score (nSPS) is 9.61. The fourth-order valence-electron chi connectivity index (χ4n) is 1.27. The number of carbonyl (C=O) groups is 1. The summed E-state index contributed by atoms with van der Waals surface area (Å²) in [7, 11) is 0. The summed E-state index contributed by atoms with van der Waals surface area (Å²) in [5.74, 6) is 0. The third kappa shape index (κ3) is 6.20. The van der Waals surface area contributed by atoms with Crippen LogP contribution in [0.25, 0.3) is 0 Å². The van der Waals surface area contributed by atoms with E-state index in [0.717, 1.165) is 5.56 Å². The quantitative estimate of drug-likeness (QED) is 0.805. The number of carbonyl (C=O) groups excluding carboxylic acids is 1. The van der Waals surface area contributed by atoms with Gasteiger partial charge in [0.1, 0.15) is 6.61 Å². The molecule has 0 radical (unpaired) electrons. The first-order valence-electron chi connectivity index (χ1n) is 5.82. The van der Waals surface area contributed by atoms with Crippen LogP contribution in [0, 0.1) is 0 Å². The van der Waals surface area contributed by atoms with Crippen LogP contribution in [0.1, 0.15) is 18.9 Å². The highest BCUT2D eigenvalue weighted by atomic mass is 32.1. The predicted octanol–water partition coefficient (Wildman–Crippen LogP) is 2.67. The second-order valence-electron chi connectivity index (χ2n) is 3.54. The lowest BCUT2D eigenvalue weighted by Gasteiger charge is -2.07. The van der Waals surface area contributed by atoms with Crippen molar-refractivity contribution in [2.45, 2.75) is 20.0 Å². The molecule has 0 aromatic heterocycles. The second-order valence-corrected chi connectivity index (χ2v) is 4.00. The minimum Gasteiger partial charge on any atom is -0.487 e. The van der Waals surface area contributed by atoms with Crippen LogP contribution in [-0.4, -0.2) is 24.3 Å². The summed E-state index contributed by atoms with van der Waals surface area (Å²) in [6, 6.07) is 9.52. The van der Waals surface area contributed by atoms with Crippen molar-refractivity contribution in [3.63, 3.8) is 0 Å². The lowest BCUT2D eigenvalue weighted by atomic mass is 10.2. The van der Waals surface area contributed by atoms with Crippen molar-refractivity contribution in [1.29, 1.82) is 0 Å². The van der Waals surface area contributed by atoms with Crippen LogP contribution < -0.4 is 5.32 Å². The molecular weight excluding hydrogens is 250 g/mol. The third-order valence-electron chi connectivity index (χ3n) is 2.12. The van der Waals surface area contributed by atoms with Crippen LogP contribution in [0.5, 0.6) is 0 Å². The van der Waals surface area contributed by atoms with Crippen molar-refractivity contribution >= 4 is 23.4 Å². The van der Waals surface area contributed by atoms with E-state index in [2.05, 4.69) is 5.32 Å². The second kappa shape index (κ2) is 8.47. The SMILES string of the molecule is CCOC(=S)CCNC(=O)OCc1ccccc1. The molecule has 1 aromatic rings. The molecule has 0 aliphatic heterocycles. The van der Waals surface area contributed by atoms with E-state index in [4.69, 9.17) is 21.7 Å². The average molecular weight is 267 g/mol. The molecule has 0 saturated carbocycles. The highest BCUT2D eigenvalue weighted by Gasteiger charge is 2.03. The fourth-order valence-corrected chi connectivity index (χ4v) is 1.49. The van der Waals surface area contributed by atoms with Gasteiger partial charge < -0.3 is 14.8 Å². The number of rotatable bonds is 6. The van der Waals surface area contributed by atoms with E-state index in [9.17, 15) is 4.79 Å². The number of amides is 1. The molecule has 1 rings (SSSR count). The van der Waals surface area contributed by atoms with Crippen LogP contribution in [0.15, 0.2) is 30.3 Å². The Bertz CT molecular complexity index is 381. The van der Waals surface area contributed by atoms with Crippen LogP contribution >= 0.6 is 12.2 Å². The maximum Gasteiger partial charge on any atom is 0.407 e. The zero-order valence-electron chi connectivity index (χ0n) is 10.3. The summed E-state index contributed by atoms with van der Waals surface area (Å²) in [4.78, 5) is 11.3. The van der Waals surface area contributed by atoms with Crippen LogP contribution in [0.3, 0.4) is 0 Å². The molecule has 0 heterocycles. The molecule has 18 heavy (non-hydrogen) atoms. The van der Waals surface area contributed by atoms with Gasteiger partial charge in [0.05, 0.1) is 6.61 Å². The molecule has 0 bridgehead atoms. The molecule has 0 saturated heterocycles. The number of hydrogen-bond acceptors (Lipinski definition) is 4. The van der Waals surface area contributed by atoms with Gasteiger partial charge in [0.2, 0.25) is 0 Å². The van der Waals surface area contributed by atoms with Gasteiger partial charge in [-0.25, -0.2) is 4.79 Å². The molecule has 0 aliphatic carbocycles. The Morgan fingerprint density at radius 2 is 2.00 bits per heavy atom. The minimum absolute atomic E-state index is 0.266. The summed E-state index contributed by atoms with van der Waals surface area (Å²) >= 11 is 4.93. The molecule has 0 spiro atoms. The molecule has 0 aliphatic rings. The highest BCUT2D eigenvalue weighted by Crippen LogP contribution is 2.00. The van der Waals surface area contributed by atoms with Gasteiger partial charge in [-0.3, -0.25) is 0 Å². The fraction of sp³-hybridized carbons (Fsp3) is 0.385. The Morgan fingerprint density at radius 1 is 1.28 bits per heavy atom. The zero-order valence-corrected chi connectivity index (χ0v) is 11.2. The maximum absolute atomic E-state index is 11.3. The van der Waals surface area contributed by atoms with Gasteiger partial charge in [0, 0.05) is 13.0 Å². The smallest absolute Gasteiger partial charge is 0.407 e. The van der Waals surface area contributed by atoms with Gasteiger partial charge in [0.15, 0.2) is 5.05 Å². The highest BCUT2D eigenvalue weighted by molar-refractivity contribution is 7.80. The van der Waals surface area contributed by atoms with Gasteiger partial charge in [-0.05, 0) is 24.7 Å². The van der Waals surface area contributed by atoms with E-state index in [0.29, 0.717) is 24.6 Å². The van der Waals surface area contributed by atoms with Gasteiger partial charge >= 0.3 is 6.09 Å². The van der Waals surface area contributed by atoms with E-state index in [-0.39, 0.29) is 6.61 Å².